The molecule has 0 aromatic heterocycles. The van der Waals surface area contributed by atoms with E-state index < -0.39 is 32.7 Å². The van der Waals surface area contributed by atoms with Crippen LogP contribution >= 0.6 is 0 Å². The Bertz CT molecular complexity index is 978. The van der Waals surface area contributed by atoms with E-state index in [0.717, 1.165) is 25.7 Å². The van der Waals surface area contributed by atoms with Gasteiger partial charge in [-0.15, -0.1) is 0 Å². The molecule has 0 amide bonds. The maximum atomic E-state index is 13.4. The van der Waals surface area contributed by atoms with Crippen LogP contribution in [-0.2, 0) is 41.2 Å². The second-order valence-corrected chi connectivity index (χ2v) is 16.3. The van der Waals surface area contributed by atoms with Crippen molar-refractivity contribution >= 4 is 33.7 Å². The number of carbonyl (C=O) groups excluding carboxylic acids is 2. The van der Waals surface area contributed by atoms with Gasteiger partial charge in [0.2, 0.25) is 0 Å². The molecule has 2 rings (SSSR count). The number of rotatable bonds is 19. The van der Waals surface area contributed by atoms with Gasteiger partial charge >= 0.3 is 0 Å². The molecule has 0 fully saturated rings. The Morgan fingerprint density at radius 1 is 0.773 bits per heavy atom. The molecular formula is C34H58O8S2. The van der Waals surface area contributed by atoms with Crippen molar-refractivity contribution in [2.24, 2.45) is 46.3 Å². The average molecular weight is 659 g/mol. The largest absolute Gasteiger partial charge is 0.378 e. The predicted molar refractivity (Wildman–Crippen MR) is 178 cm³/mol. The standard InChI is InChI=1S/C34H58O8S2/c1-9-33(7)15-11-13-23(3)31(33)27(35)19-25(5)29(43(37)38)21-41-17-18-42-22-30(44(39)40)26(6)20-28(36)32-24(4)14-12-16-34(32,8)10-2/h11-14,23-26,29-32H,9-10,15-22H2,1-8H3,(H,37,38)(H,39,40). The monoisotopic (exact) mass is 658 g/mol. The Kier molecular flexibility index (Phi) is 15.8. The normalized spacial score (nSPS) is 32.9. The van der Waals surface area contributed by atoms with Crippen molar-refractivity contribution in [3.8, 4) is 0 Å². The zero-order valence-corrected chi connectivity index (χ0v) is 29.8. The van der Waals surface area contributed by atoms with Gasteiger partial charge in [0.05, 0.1) is 36.9 Å². The van der Waals surface area contributed by atoms with Crippen molar-refractivity contribution in [3.05, 3.63) is 24.3 Å². The third-order valence-electron chi connectivity index (χ3n) is 10.7. The van der Waals surface area contributed by atoms with Crippen molar-refractivity contribution in [1.82, 2.24) is 0 Å². The molecule has 44 heavy (non-hydrogen) atoms. The molecule has 10 heteroatoms. The summed E-state index contributed by atoms with van der Waals surface area (Å²) in [6.45, 7) is 16.5. The fourth-order valence-electron chi connectivity index (χ4n) is 7.45. The Labute approximate surface area is 271 Å². The maximum Gasteiger partial charge on any atom is 0.158 e. The number of allylic oxidation sites excluding steroid dienone is 4. The number of carbonyl (C=O) groups is 2. The topological polar surface area (TPSA) is 127 Å². The van der Waals surface area contributed by atoms with E-state index in [4.69, 9.17) is 9.47 Å². The van der Waals surface area contributed by atoms with Crippen LogP contribution in [0.1, 0.15) is 93.9 Å². The van der Waals surface area contributed by atoms with Gasteiger partial charge in [-0.2, -0.15) is 0 Å². The van der Waals surface area contributed by atoms with E-state index in [0.29, 0.717) is 0 Å². The van der Waals surface area contributed by atoms with Crippen LogP contribution in [0.15, 0.2) is 24.3 Å². The molecule has 0 saturated carbocycles. The number of ketones is 2. The van der Waals surface area contributed by atoms with Gasteiger partial charge in [0.1, 0.15) is 11.6 Å². The van der Waals surface area contributed by atoms with Gasteiger partial charge in [0.25, 0.3) is 0 Å². The van der Waals surface area contributed by atoms with Gasteiger partial charge in [-0.3, -0.25) is 9.59 Å². The zero-order valence-electron chi connectivity index (χ0n) is 28.2. The van der Waals surface area contributed by atoms with Crippen LogP contribution in [0.25, 0.3) is 0 Å². The first-order valence-corrected chi connectivity index (χ1v) is 18.7. The number of hydrogen-bond donors (Lipinski definition) is 2. The van der Waals surface area contributed by atoms with Crippen molar-refractivity contribution in [3.63, 3.8) is 0 Å². The lowest BCUT2D eigenvalue weighted by atomic mass is 9.62. The van der Waals surface area contributed by atoms with Crippen molar-refractivity contribution in [1.29, 1.82) is 0 Å². The summed E-state index contributed by atoms with van der Waals surface area (Å²) in [4.78, 5) is 26.8. The van der Waals surface area contributed by atoms with Crippen molar-refractivity contribution in [2.45, 2.75) is 104 Å². The first-order valence-electron chi connectivity index (χ1n) is 16.3. The van der Waals surface area contributed by atoms with Crippen LogP contribution in [-0.4, -0.2) is 66.0 Å². The molecule has 0 aliphatic heterocycles. The molecule has 8 nitrogen and oxygen atoms in total. The summed E-state index contributed by atoms with van der Waals surface area (Å²) in [7, 11) is 0. The molecule has 12 unspecified atom stereocenters. The lowest BCUT2D eigenvalue weighted by Crippen LogP contribution is -2.41. The van der Waals surface area contributed by atoms with Gasteiger partial charge < -0.3 is 18.6 Å². The zero-order chi connectivity index (χ0) is 33.2. The van der Waals surface area contributed by atoms with E-state index in [1.165, 1.54) is 0 Å². The molecule has 12 atom stereocenters. The number of Topliss-reactive ketones (excluding diaryl/α,β-unsaturated/α-hetero) is 2. The molecular weight excluding hydrogens is 601 g/mol. The molecule has 0 radical (unpaired) electrons. The summed E-state index contributed by atoms with van der Waals surface area (Å²) in [6, 6.07) is 0. The fourth-order valence-corrected chi connectivity index (χ4v) is 8.86. The summed E-state index contributed by atoms with van der Waals surface area (Å²) in [5, 5.41) is -1.45. The molecule has 2 N–H and O–H groups in total. The van der Waals surface area contributed by atoms with Gasteiger partial charge in [-0.1, -0.05) is 79.7 Å². The highest BCUT2D eigenvalue weighted by atomic mass is 32.2. The van der Waals surface area contributed by atoms with Crippen LogP contribution in [0.2, 0.25) is 0 Å². The quantitative estimate of drug-likeness (QED) is 0.0898. The highest BCUT2D eigenvalue weighted by molar-refractivity contribution is 7.80. The third kappa shape index (κ3) is 10.2. The van der Waals surface area contributed by atoms with Gasteiger partial charge in [0.15, 0.2) is 22.2 Å². The molecule has 0 bridgehead atoms. The number of hydrogen-bond acceptors (Lipinski definition) is 6. The van der Waals surface area contributed by atoms with E-state index in [1.54, 1.807) is 0 Å². The highest BCUT2D eigenvalue weighted by Gasteiger charge is 2.43. The lowest BCUT2D eigenvalue weighted by molar-refractivity contribution is -0.130. The van der Waals surface area contributed by atoms with Crippen LogP contribution in [0.5, 0.6) is 0 Å². The second-order valence-electron chi connectivity index (χ2n) is 14.0. The van der Waals surface area contributed by atoms with Crippen LogP contribution in [0.4, 0.5) is 0 Å². The third-order valence-corrected chi connectivity index (χ3v) is 12.9. The second kappa shape index (κ2) is 17.8. The molecule has 0 aromatic carbocycles. The van der Waals surface area contributed by atoms with E-state index in [1.807, 2.05) is 13.8 Å². The van der Waals surface area contributed by atoms with E-state index >= 15 is 0 Å². The van der Waals surface area contributed by atoms with Gasteiger partial charge in [-0.25, -0.2) is 8.42 Å². The van der Waals surface area contributed by atoms with Crippen LogP contribution < -0.4 is 0 Å². The van der Waals surface area contributed by atoms with Crippen molar-refractivity contribution < 1.29 is 36.6 Å². The van der Waals surface area contributed by atoms with Gasteiger partial charge in [-0.05, 0) is 60.2 Å². The Balaban J connectivity index is 1.85. The average Bonchev–Trinajstić information content (AvgIpc) is 2.93. The van der Waals surface area contributed by atoms with E-state index in [9.17, 15) is 27.1 Å². The molecule has 254 valence electrons. The molecule has 2 aliphatic rings. The van der Waals surface area contributed by atoms with Crippen LogP contribution in [0, 0.1) is 46.3 Å². The molecule has 2 aliphatic carbocycles. The molecule has 0 spiro atoms. The number of ether oxygens (including phenoxy) is 2. The molecule has 0 heterocycles. The summed E-state index contributed by atoms with van der Waals surface area (Å²) >= 11 is -4.34. The summed E-state index contributed by atoms with van der Waals surface area (Å²) < 4.78 is 55.7. The minimum absolute atomic E-state index is 0.00341. The Hall–Kier alpha value is -1.04. The van der Waals surface area contributed by atoms with Gasteiger partial charge in [0, 0.05) is 24.7 Å². The minimum atomic E-state index is -2.17. The Morgan fingerprint density at radius 3 is 1.41 bits per heavy atom. The summed E-state index contributed by atoms with van der Waals surface area (Å²) in [5.41, 5.74) is -0.232. The first-order chi connectivity index (χ1) is 20.6. The SMILES string of the molecule is CCC1(C)CC=CC(C)C1C(=O)CC(C)C(COCCOCC(C(C)CC(=O)C1C(C)C=CCC1(C)CC)S(=O)O)S(=O)O. The van der Waals surface area contributed by atoms with Crippen LogP contribution in [0.3, 0.4) is 0 Å². The van der Waals surface area contributed by atoms with E-state index in [2.05, 4.69) is 65.8 Å². The minimum Gasteiger partial charge on any atom is -0.378 e. The molecule has 0 aromatic rings. The maximum absolute atomic E-state index is 13.4. The smallest absolute Gasteiger partial charge is 0.158 e. The van der Waals surface area contributed by atoms with Crippen molar-refractivity contribution in [2.75, 3.05) is 26.4 Å². The Morgan fingerprint density at radius 2 is 1.11 bits per heavy atom. The fraction of sp³-hybridized carbons (Fsp3) is 0.824. The summed E-state index contributed by atoms with van der Waals surface area (Å²) in [5.74, 6) is -0.420. The lowest BCUT2D eigenvalue weighted by Gasteiger charge is -2.41. The first kappa shape index (κ1) is 39.1. The van der Waals surface area contributed by atoms with E-state index in [-0.39, 0.29) is 97.2 Å². The molecule has 0 saturated heterocycles. The summed E-state index contributed by atoms with van der Waals surface area (Å²) in [6.07, 6.45) is 12.4. The highest BCUT2D eigenvalue weighted by Crippen LogP contribution is 2.46. The predicted octanol–water partition coefficient (Wildman–Crippen LogP) is 6.65.